The topological polar surface area (TPSA) is 32.3 Å². The van der Waals surface area contributed by atoms with Crippen LogP contribution in [0.4, 0.5) is 22.7 Å². The smallest absolute Gasteiger partial charge is 0.107 e. The van der Waals surface area contributed by atoms with Crippen LogP contribution in [0.3, 0.4) is 0 Å². The summed E-state index contributed by atoms with van der Waals surface area (Å²) in [7, 11) is 5.02. The maximum Gasteiger partial charge on any atom is 0.107 e. The van der Waals surface area contributed by atoms with Crippen LogP contribution in [-0.4, -0.2) is 52.7 Å². The van der Waals surface area contributed by atoms with E-state index in [9.17, 15) is 0 Å². The predicted molar refractivity (Wildman–Crippen MR) is 199 cm³/mol. The van der Waals surface area contributed by atoms with E-state index >= 15 is 0 Å². The van der Waals surface area contributed by atoms with Crippen LogP contribution in [0.25, 0.3) is 0 Å². The average molecular weight is 665 g/mol. The van der Waals surface area contributed by atoms with E-state index in [1.54, 1.807) is 0 Å². The number of benzene rings is 2. The number of para-hydroxylation sites is 2. The van der Waals surface area contributed by atoms with Gasteiger partial charge >= 0.3 is 0 Å². The Labute approximate surface area is 290 Å². The van der Waals surface area contributed by atoms with Gasteiger partial charge in [-0.1, -0.05) is 99.2 Å². The molecule has 0 N–H and O–H groups in total. The van der Waals surface area contributed by atoms with Crippen LogP contribution in [0, 0.1) is 0 Å². The first-order valence-electron chi connectivity index (χ1n) is 17.8. The molecule has 4 aromatic rings. The standard InChI is InChI=1S/C40H50N5S2/c1-29-31(43-33-19-13-15-21-37(33)46-39-23-25-41-27-35(39)43)17-11-9-7-5-6-8-10-12-18-32(30(2)45(29,3)4)44-34-20-14-16-22-38(34)47-40-24-26-42-28-36(40)44/h13-16,19-32H,5-12,17-18H2,1-4H3/q+1. The normalized spacial score (nSPS) is 24.9. The summed E-state index contributed by atoms with van der Waals surface area (Å²) in [5.41, 5.74) is 5.19. The van der Waals surface area contributed by atoms with E-state index in [1.807, 2.05) is 35.9 Å². The SMILES string of the molecule is CC1C(N2c3ccccc3Sc3ccncc32)CCCCCCCCCCC(N2c3ccccc3Sc3ccncc32)C(C)[N+]1(C)C. The molecule has 2 aromatic heterocycles. The lowest BCUT2D eigenvalue weighted by molar-refractivity contribution is -0.936. The molecule has 0 aliphatic carbocycles. The van der Waals surface area contributed by atoms with Gasteiger partial charge in [-0.3, -0.25) is 9.97 Å². The Morgan fingerprint density at radius 1 is 0.532 bits per heavy atom. The Morgan fingerprint density at radius 2 is 0.915 bits per heavy atom. The molecule has 7 rings (SSSR count). The molecular formula is C40H50N5S2+. The highest BCUT2D eigenvalue weighted by Gasteiger charge is 2.46. The molecule has 4 atom stereocenters. The minimum atomic E-state index is 0.335. The molecule has 5 nitrogen and oxygen atoms in total. The van der Waals surface area contributed by atoms with E-state index < -0.39 is 0 Å². The number of hydrogen-bond acceptors (Lipinski definition) is 6. The van der Waals surface area contributed by atoms with Crippen LogP contribution in [0.2, 0.25) is 0 Å². The van der Waals surface area contributed by atoms with Gasteiger partial charge in [0.15, 0.2) is 0 Å². The third kappa shape index (κ3) is 6.43. The zero-order valence-corrected chi connectivity index (χ0v) is 30.1. The van der Waals surface area contributed by atoms with Crippen molar-refractivity contribution in [3.05, 3.63) is 85.5 Å². The number of likely N-dealkylation sites (N-methyl/N-ethyl adjacent to an activating group) is 1. The zero-order chi connectivity index (χ0) is 32.4. The van der Waals surface area contributed by atoms with E-state index in [1.165, 1.54) is 107 Å². The fourth-order valence-electron chi connectivity index (χ4n) is 8.17. The minimum Gasteiger partial charge on any atom is -0.329 e. The van der Waals surface area contributed by atoms with Gasteiger partial charge in [-0.2, -0.15) is 0 Å². The Kier molecular flexibility index (Phi) is 9.86. The van der Waals surface area contributed by atoms with E-state index in [0.717, 1.165) is 4.48 Å². The summed E-state index contributed by atoms with van der Waals surface area (Å²) in [4.78, 5) is 20.0. The molecule has 0 spiro atoms. The quantitative estimate of drug-likeness (QED) is 0.198. The van der Waals surface area contributed by atoms with Crippen molar-refractivity contribution in [2.24, 2.45) is 0 Å². The Morgan fingerprint density at radius 3 is 1.36 bits per heavy atom. The second-order valence-corrected chi connectivity index (χ2v) is 16.4. The summed E-state index contributed by atoms with van der Waals surface area (Å²) in [6, 6.07) is 23.9. The molecule has 7 heteroatoms. The number of pyridine rings is 2. The number of aromatic nitrogens is 2. The van der Waals surface area contributed by atoms with Gasteiger partial charge in [0.05, 0.1) is 61.3 Å². The number of quaternary nitrogens is 1. The molecule has 0 bridgehead atoms. The van der Waals surface area contributed by atoms with Crippen molar-refractivity contribution in [3.63, 3.8) is 0 Å². The molecule has 3 aliphatic rings. The largest absolute Gasteiger partial charge is 0.329 e. The Bertz CT molecular complexity index is 1460. The van der Waals surface area contributed by atoms with Crippen LogP contribution in [-0.2, 0) is 0 Å². The summed E-state index contributed by atoms with van der Waals surface area (Å²) in [6.07, 6.45) is 21.0. The molecule has 3 aliphatic heterocycles. The molecule has 0 radical (unpaired) electrons. The molecule has 0 amide bonds. The van der Waals surface area contributed by atoms with Crippen LogP contribution in [0.15, 0.2) is 105 Å². The summed E-state index contributed by atoms with van der Waals surface area (Å²) in [6.45, 7) is 5.07. The molecule has 1 fully saturated rings. The number of hydrogen-bond donors (Lipinski definition) is 0. The second kappa shape index (κ2) is 14.2. The lowest BCUT2D eigenvalue weighted by Gasteiger charge is -2.52. The molecule has 2 aromatic carbocycles. The van der Waals surface area contributed by atoms with Crippen molar-refractivity contribution < 1.29 is 4.48 Å². The van der Waals surface area contributed by atoms with E-state index in [4.69, 9.17) is 0 Å². The van der Waals surface area contributed by atoms with Crippen molar-refractivity contribution in [2.75, 3.05) is 23.9 Å². The maximum atomic E-state index is 4.67. The lowest BCUT2D eigenvalue weighted by Crippen LogP contribution is -2.65. The van der Waals surface area contributed by atoms with Gasteiger partial charge in [-0.15, -0.1) is 0 Å². The molecular weight excluding hydrogens is 615 g/mol. The summed E-state index contributed by atoms with van der Waals surface area (Å²) in [5.74, 6) is 0. The van der Waals surface area contributed by atoms with Gasteiger partial charge in [0, 0.05) is 32.0 Å². The molecule has 47 heavy (non-hydrogen) atoms. The van der Waals surface area contributed by atoms with Crippen molar-refractivity contribution in [1.29, 1.82) is 0 Å². The van der Waals surface area contributed by atoms with E-state index in [-0.39, 0.29) is 0 Å². The van der Waals surface area contributed by atoms with Gasteiger partial charge in [0.2, 0.25) is 0 Å². The highest BCUT2D eigenvalue weighted by Crippen LogP contribution is 2.52. The van der Waals surface area contributed by atoms with E-state index in [2.05, 4.69) is 121 Å². The first-order valence-corrected chi connectivity index (χ1v) is 19.4. The summed E-state index contributed by atoms with van der Waals surface area (Å²) < 4.78 is 0.929. The second-order valence-electron chi connectivity index (χ2n) is 14.2. The fourth-order valence-corrected chi connectivity index (χ4v) is 10.3. The average Bonchev–Trinajstić information content (AvgIpc) is 3.10. The number of nitrogens with zero attached hydrogens (tertiary/aromatic N) is 5. The van der Waals surface area contributed by atoms with Gasteiger partial charge < -0.3 is 14.3 Å². The van der Waals surface area contributed by atoms with Crippen molar-refractivity contribution in [3.8, 4) is 0 Å². The lowest BCUT2D eigenvalue weighted by atomic mass is 9.91. The summed E-state index contributed by atoms with van der Waals surface area (Å²) >= 11 is 3.77. The minimum absolute atomic E-state index is 0.335. The highest BCUT2D eigenvalue weighted by molar-refractivity contribution is 8.00. The monoisotopic (exact) mass is 664 g/mol. The molecule has 246 valence electrons. The Hall–Kier alpha value is -3.00. The summed E-state index contributed by atoms with van der Waals surface area (Å²) in [5, 5.41) is 0. The van der Waals surface area contributed by atoms with Gasteiger partial charge in [-0.05, 0) is 63.1 Å². The van der Waals surface area contributed by atoms with Crippen molar-refractivity contribution in [1.82, 2.24) is 9.97 Å². The fraction of sp³-hybridized carbons (Fsp3) is 0.450. The van der Waals surface area contributed by atoms with E-state index in [0.29, 0.717) is 24.2 Å². The predicted octanol–water partition coefficient (Wildman–Crippen LogP) is 10.9. The van der Waals surface area contributed by atoms with Crippen LogP contribution >= 0.6 is 23.5 Å². The van der Waals surface area contributed by atoms with Crippen LogP contribution < -0.4 is 9.80 Å². The van der Waals surface area contributed by atoms with Crippen LogP contribution in [0.5, 0.6) is 0 Å². The maximum absolute atomic E-state index is 4.67. The Balaban J connectivity index is 1.32. The van der Waals surface area contributed by atoms with Gasteiger partial charge in [0.25, 0.3) is 0 Å². The highest BCUT2D eigenvalue weighted by atomic mass is 32.2. The van der Waals surface area contributed by atoms with Gasteiger partial charge in [-0.25, -0.2) is 0 Å². The van der Waals surface area contributed by atoms with Crippen LogP contribution in [0.1, 0.15) is 78.1 Å². The molecule has 0 saturated carbocycles. The number of rotatable bonds is 2. The third-order valence-corrected chi connectivity index (χ3v) is 13.6. The molecule has 1 saturated heterocycles. The van der Waals surface area contributed by atoms with Crippen molar-refractivity contribution >= 4 is 46.3 Å². The molecule has 5 heterocycles. The zero-order valence-electron chi connectivity index (χ0n) is 28.5. The van der Waals surface area contributed by atoms with Crippen molar-refractivity contribution in [2.45, 2.75) is 122 Å². The van der Waals surface area contributed by atoms with Gasteiger partial charge in [0.1, 0.15) is 12.1 Å². The molecule has 4 unspecified atom stereocenters. The first-order chi connectivity index (χ1) is 22.9. The third-order valence-electron chi connectivity index (χ3n) is 11.4. The number of anilines is 4. The number of fused-ring (bicyclic) bond motifs is 4. The first kappa shape index (κ1) is 32.5.